The van der Waals surface area contributed by atoms with Gasteiger partial charge in [0.25, 0.3) is 5.91 Å². The summed E-state index contributed by atoms with van der Waals surface area (Å²) in [4.78, 5) is 22.4. The first-order valence-corrected chi connectivity index (χ1v) is 13.5. The number of nitrogens with one attached hydrogen (secondary N) is 2. The molecule has 3 aromatic heterocycles. The van der Waals surface area contributed by atoms with Crippen molar-refractivity contribution in [3.05, 3.63) is 47.9 Å². The fourth-order valence-electron chi connectivity index (χ4n) is 4.91. The minimum Gasteiger partial charge on any atom is -0.381 e. The molecule has 8 nitrogen and oxygen atoms in total. The van der Waals surface area contributed by atoms with Crippen LogP contribution in [-0.2, 0) is 4.74 Å². The van der Waals surface area contributed by atoms with Gasteiger partial charge in [0.15, 0.2) is 0 Å². The molecule has 1 saturated heterocycles. The van der Waals surface area contributed by atoms with E-state index >= 15 is 0 Å². The van der Waals surface area contributed by atoms with E-state index in [0.29, 0.717) is 35.4 Å². The van der Waals surface area contributed by atoms with Gasteiger partial charge in [0.05, 0.1) is 16.8 Å². The van der Waals surface area contributed by atoms with Crippen molar-refractivity contribution in [1.82, 2.24) is 19.9 Å². The highest BCUT2D eigenvalue weighted by Crippen LogP contribution is 2.28. The average molecular weight is 491 g/mol. The van der Waals surface area contributed by atoms with Crippen LogP contribution < -0.4 is 10.6 Å². The molecule has 0 aromatic carbocycles. The van der Waals surface area contributed by atoms with Gasteiger partial charge < -0.3 is 15.4 Å². The van der Waals surface area contributed by atoms with Gasteiger partial charge in [-0.2, -0.15) is 17.0 Å². The second kappa shape index (κ2) is 10.7. The van der Waals surface area contributed by atoms with Gasteiger partial charge in [0.1, 0.15) is 17.5 Å². The number of carbonyl (C=O) groups excluding carboxylic acids is 1. The molecule has 0 unspecified atom stereocenters. The molecule has 2 aliphatic rings. The molecular weight excluding hydrogens is 460 g/mol. The van der Waals surface area contributed by atoms with Gasteiger partial charge in [-0.25, -0.2) is 9.97 Å². The van der Waals surface area contributed by atoms with Crippen LogP contribution in [0.15, 0.2) is 36.8 Å². The molecule has 0 radical (unpaired) electrons. The molecule has 9 heteroatoms. The summed E-state index contributed by atoms with van der Waals surface area (Å²) in [5, 5.41) is 17.6. The monoisotopic (exact) mass is 490 g/mol. The van der Waals surface area contributed by atoms with Gasteiger partial charge in [-0.1, -0.05) is 0 Å². The SMILES string of the molecule is CSC1CCC(NC(=O)c2cnc(-n3ccc4cc(C#N)cnc43)cc2NC2CCOCC2)CC1. The molecule has 1 amide bonds. The van der Waals surface area contributed by atoms with Crippen LogP contribution in [0.1, 0.15) is 54.4 Å². The van der Waals surface area contributed by atoms with Crippen LogP contribution >= 0.6 is 11.8 Å². The third-order valence-electron chi connectivity index (χ3n) is 6.96. The highest BCUT2D eigenvalue weighted by molar-refractivity contribution is 7.99. The van der Waals surface area contributed by atoms with E-state index in [-0.39, 0.29) is 18.0 Å². The number of aromatic nitrogens is 3. The van der Waals surface area contributed by atoms with E-state index in [1.165, 1.54) is 0 Å². The zero-order valence-electron chi connectivity index (χ0n) is 19.9. The molecule has 1 saturated carbocycles. The number of amides is 1. The van der Waals surface area contributed by atoms with Crippen LogP contribution in [0.2, 0.25) is 0 Å². The van der Waals surface area contributed by atoms with E-state index in [4.69, 9.17) is 4.74 Å². The Hall–Kier alpha value is -3.09. The highest BCUT2D eigenvalue weighted by Gasteiger charge is 2.25. The summed E-state index contributed by atoms with van der Waals surface area (Å²) >= 11 is 1.92. The largest absolute Gasteiger partial charge is 0.381 e. The van der Waals surface area contributed by atoms with Gasteiger partial charge in [-0.15, -0.1) is 0 Å². The molecule has 0 bridgehead atoms. The van der Waals surface area contributed by atoms with Gasteiger partial charge in [-0.3, -0.25) is 9.36 Å². The van der Waals surface area contributed by atoms with E-state index < -0.39 is 0 Å². The van der Waals surface area contributed by atoms with Crippen LogP contribution in [0.4, 0.5) is 5.69 Å². The topological polar surface area (TPSA) is 105 Å². The Balaban J connectivity index is 1.43. The maximum absolute atomic E-state index is 13.3. The van der Waals surface area contributed by atoms with Crippen molar-refractivity contribution < 1.29 is 9.53 Å². The Morgan fingerprint density at radius 3 is 2.66 bits per heavy atom. The summed E-state index contributed by atoms with van der Waals surface area (Å²) < 4.78 is 7.40. The van der Waals surface area contributed by atoms with E-state index in [1.807, 2.05) is 40.7 Å². The standard InChI is InChI=1S/C26H30N6O2S/c1-35-21-4-2-19(3-5-21)31-26(33)22-16-28-24(13-23(22)30-20-7-10-34-11-8-20)32-9-6-18-12-17(14-27)15-29-25(18)32/h6,9,12-13,15-16,19-21H,2-5,7-8,10-11H2,1H3,(H,28,30)(H,31,33). The molecule has 3 aromatic rings. The maximum Gasteiger partial charge on any atom is 0.255 e. The third kappa shape index (κ3) is 5.29. The smallest absolute Gasteiger partial charge is 0.255 e. The van der Waals surface area contributed by atoms with E-state index in [0.717, 1.165) is 55.2 Å². The first kappa shape index (κ1) is 23.6. The number of ether oxygens (including phenoxy) is 1. The minimum atomic E-state index is -0.0830. The highest BCUT2D eigenvalue weighted by atomic mass is 32.2. The molecule has 1 aliphatic heterocycles. The summed E-state index contributed by atoms with van der Waals surface area (Å²) in [5.41, 5.74) is 2.57. The zero-order valence-corrected chi connectivity index (χ0v) is 20.7. The lowest BCUT2D eigenvalue weighted by Crippen LogP contribution is -2.38. The van der Waals surface area contributed by atoms with E-state index in [9.17, 15) is 10.1 Å². The number of carbonyl (C=O) groups is 1. The first-order valence-electron chi connectivity index (χ1n) is 12.2. The van der Waals surface area contributed by atoms with Crippen molar-refractivity contribution in [2.45, 2.75) is 55.9 Å². The Morgan fingerprint density at radius 1 is 1.11 bits per heavy atom. The first-order chi connectivity index (χ1) is 17.1. The molecule has 4 heterocycles. The fraction of sp³-hybridized carbons (Fsp3) is 0.462. The fourth-order valence-corrected chi connectivity index (χ4v) is 5.66. The average Bonchev–Trinajstić information content (AvgIpc) is 3.33. The van der Waals surface area contributed by atoms with Crippen LogP contribution in [-0.4, -0.2) is 57.2 Å². The van der Waals surface area contributed by atoms with Crippen LogP contribution in [0, 0.1) is 11.3 Å². The summed E-state index contributed by atoms with van der Waals surface area (Å²) in [6.45, 7) is 1.42. The summed E-state index contributed by atoms with van der Waals surface area (Å²) in [7, 11) is 0. The van der Waals surface area contributed by atoms with Crippen molar-refractivity contribution in [3.8, 4) is 11.9 Å². The normalized spacial score (nSPS) is 20.9. The van der Waals surface area contributed by atoms with E-state index in [2.05, 4.69) is 32.9 Å². The van der Waals surface area contributed by atoms with Gasteiger partial charge in [0, 0.05) is 60.6 Å². The Morgan fingerprint density at radius 2 is 1.91 bits per heavy atom. The molecule has 2 fully saturated rings. The molecule has 2 N–H and O–H groups in total. The molecular formula is C26H30N6O2S. The van der Waals surface area contributed by atoms with E-state index in [1.54, 1.807) is 12.4 Å². The maximum atomic E-state index is 13.3. The summed E-state index contributed by atoms with van der Waals surface area (Å²) in [5.74, 6) is 0.587. The quantitative estimate of drug-likeness (QED) is 0.531. The zero-order chi connectivity index (χ0) is 24.2. The van der Waals surface area contributed by atoms with Gasteiger partial charge >= 0.3 is 0 Å². The number of thioether (sulfide) groups is 1. The number of hydrogen-bond acceptors (Lipinski definition) is 7. The second-order valence-corrected chi connectivity index (χ2v) is 10.4. The Bertz CT molecular complexity index is 1240. The number of nitriles is 1. The predicted octanol–water partition coefficient (Wildman–Crippen LogP) is 4.29. The number of rotatable bonds is 6. The number of anilines is 1. The third-order valence-corrected chi connectivity index (χ3v) is 8.10. The molecule has 1 aliphatic carbocycles. The van der Waals surface area contributed by atoms with Crippen molar-refractivity contribution in [2.75, 3.05) is 24.8 Å². The summed E-state index contributed by atoms with van der Waals surface area (Å²) in [6, 6.07) is 8.22. The molecule has 0 spiro atoms. The van der Waals surface area contributed by atoms with Crippen molar-refractivity contribution >= 4 is 34.4 Å². The number of pyridine rings is 2. The number of fused-ring (bicyclic) bond motifs is 1. The number of hydrogen-bond donors (Lipinski definition) is 2. The lowest BCUT2D eigenvalue weighted by Gasteiger charge is -2.29. The minimum absolute atomic E-state index is 0.0830. The van der Waals surface area contributed by atoms with Crippen LogP contribution in [0.25, 0.3) is 16.9 Å². The Kier molecular flexibility index (Phi) is 7.21. The van der Waals surface area contributed by atoms with Crippen LogP contribution in [0.3, 0.4) is 0 Å². The predicted molar refractivity (Wildman–Crippen MR) is 138 cm³/mol. The second-order valence-electron chi connectivity index (χ2n) is 9.24. The van der Waals surface area contributed by atoms with Crippen molar-refractivity contribution in [2.24, 2.45) is 0 Å². The molecule has 35 heavy (non-hydrogen) atoms. The van der Waals surface area contributed by atoms with Crippen molar-refractivity contribution in [3.63, 3.8) is 0 Å². The van der Waals surface area contributed by atoms with Crippen LogP contribution in [0.5, 0.6) is 0 Å². The molecule has 0 atom stereocenters. The van der Waals surface area contributed by atoms with Crippen molar-refractivity contribution in [1.29, 1.82) is 5.26 Å². The van der Waals surface area contributed by atoms with Gasteiger partial charge in [0.2, 0.25) is 0 Å². The lowest BCUT2D eigenvalue weighted by molar-refractivity contribution is 0.0902. The number of nitrogens with zero attached hydrogens (tertiary/aromatic N) is 4. The van der Waals surface area contributed by atoms with Gasteiger partial charge in [-0.05, 0) is 56.9 Å². The Labute approximate surface area is 209 Å². The molecule has 182 valence electrons. The summed E-state index contributed by atoms with van der Waals surface area (Å²) in [6.07, 6.45) is 13.4. The lowest BCUT2D eigenvalue weighted by atomic mass is 9.94. The molecule has 5 rings (SSSR count).